The van der Waals surface area contributed by atoms with Crippen LogP contribution in [0.15, 0.2) is 89.7 Å². The Hall–Kier alpha value is -3.06. The lowest BCUT2D eigenvalue weighted by molar-refractivity contribution is 0.108. The fourth-order valence-corrected chi connectivity index (χ4v) is 5.31. The van der Waals surface area contributed by atoms with Crippen LogP contribution in [0.2, 0.25) is 0 Å². The van der Waals surface area contributed by atoms with Crippen molar-refractivity contribution in [3.63, 3.8) is 0 Å². The predicted octanol–water partition coefficient (Wildman–Crippen LogP) is 4.86. The van der Waals surface area contributed by atoms with Crippen molar-refractivity contribution in [1.82, 2.24) is 19.4 Å². The molecule has 2 heterocycles. The molecule has 0 atom stereocenters. The maximum absolute atomic E-state index is 12.5. The highest BCUT2D eigenvalue weighted by atomic mass is 32.1. The summed E-state index contributed by atoms with van der Waals surface area (Å²) in [5.74, 6) is 0. The normalized spacial score (nSPS) is 15.2. The van der Waals surface area contributed by atoms with Crippen LogP contribution in [0.4, 0.5) is 0 Å². The molecule has 1 saturated heterocycles. The molecule has 4 aromatic rings. The summed E-state index contributed by atoms with van der Waals surface area (Å²) in [5.41, 5.74) is 3.47. The lowest BCUT2D eigenvalue weighted by atomic mass is 9.96. The highest BCUT2D eigenvalue weighted by Gasteiger charge is 2.26. The van der Waals surface area contributed by atoms with Crippen LogP contribution in [0.25, 0.3) is 10.9 Å². The van der Waals surface area contributed by atoms with Gasteiger partial charge in [-0.1, -0.05) is 85.0 Å². The van der Waals surface area contributed by atoms with Gasteiger partial charge in [0, 0.05) is 38.1 Å². The van der Waals surface area contributed by atoms with E-state index in [0.717, 1.165) is 50.0 Å². The number of hydrogen-bond acceptors (Lipinski definition) is 4. The molecule has 5 nitrogen and oxygen atoms in total. The van der Waals surface area contributed by atoms with E-state index in [1.54, 1.807) is 0 Å². The van der Waals surface area contributed by atoms with Crippen LogP contribution in [0.1, 0.15) is 23.6 Å². The zero-order chi connectivity index (χ0) is 23.3. The fourth-order valence-electron chi connectivity index (χ4n) is 5.05. The van der Waals surface area contributed by atoms with Gasteiger partial charge in [0.05, 0.1) is 11.6 Å². The predicted molar refractivity (Wildman–Crippen MR) is 141 cm³/mol. The number of fused-ring (bicyclic) bond motifs is 1. The Bertz CT molecular complexity index is 1300. The summed E-state index contributed by atoms with van der Waals surface area (Å²) in [6.07, 6.45) is 0.926. The molecule has 174 valence electrons. The molecule has 5 rings (SSSR count). The second-order valence-electron chi connectivity index (χ2n) is 8.88. The molecule has 1 aliphatic heterocycles. The average molecular weight is 471 g/mol. The summed E-state index contributed by atoms with van der Waals surface area (Å²) in [7, 11) is 0. The Morgan fingerprint density at radius 3 is 2.00 bits per heavy atom. The maximum atomic E-state index is 12.5. The summed E-state index contributed by atoms with van der Waals surface area (Å²) < 4.78 is 2.33. The van der Waals surface area contributed by atoms with Crippen LogP contribution in [0.5, 0.6) is 0 Å². The second kappa shape index (κ2) is 10.5. The number of aromatic amines is 1. The van der Waals surface area contributed by atoms with Gasteiger partial charge in [0.25, 0.3) is 0 Å². The van der Waals surface area contributed by atoms with Crippen molar-refractivity contribution >= 4 is 23.1 Å². The molecule has 1 fully saturated rings. The highest BCUT2D eigenvalue weighted by molar-refractivity contribution is 7.71. The van der Waals surface area contributed by atoms with Crippen molar-refractivity contribution in [2.75, 3.05) is 32.7 Å². The molecule has 34 heavy (non-hydrogen) atoms. The first-order chi connectivity index (χ1) is 16.7. The monoisotopic (exact) mass is 470 g/mol. The topological polar surface area (TPSA) is 44.3 Å². The molecule has 1 aromatic heterocycles. The molecular weight excluding hydrogens is 440 g/mol. The van der Waals surface area contributed by atoms with Crippen LogP contribution in [-0.2, 0) is 6.54 Å². The standard InChI is InChI=1S/C28H30N4OS/c33-28-29-27(34)24-14-7-8-15-25(24)32(28)17-9-16-30-18-20-31(21-19-30)26(22-10-3-1-4-11-22)23-12-5-2-6-13-23/h1-8,10-15,26H,9,16-21H2,(H,29,33,34). The lowest BCUT2D eigenvalue weighted by Crippen LogP contribution is -2.48. The Morgan fingerprint density at radius 2 is 1.35 bits per heavy atom. The van der Waals surface area contributed by atoms with Crippen molar-refractivity contribution in [2.45, 2.75) is 19.0 Å². The number of nitrogens with zero attached hydrogens (tertiary/aromatic N) is 3. The molecule has 0 unspecified atom stereocenters. The van der Waals surface area contributed by atoms with Crippen molar-refractivity contribution in [2.24, 2.45) is 0 Å². The molecule has 0 saturated carbocycles. The van der Waals surface area contributed by atoms with Gasteiger partial charge >= 0.3 is 5.69 Å². The van der Waals surface area contributed by atoms with Gasteiger partial charge in [0.15, 0.2) is 0 Å². The quantitative estimate of drug-likeness (QED) is 0.392. The molecule has 1 N–H and O–H groups in total. The minimum Gasteiger partial charge on any atom is -0.301 e. The molecule has 3 aromatic carbocycles. The number of nitrogens with one attached hydrogen (secondary N) is 1. The summed E-state index contributed by atoms with van der Waals surface area (Å²) >= 11 is 5.34. The first kappa shape index (κ1) is 22.7. The third kappa shape index (κ3) is 4.89. The van der Waals surface area contributed by atoms with Gasteiger partial charge in [-0.25, -0.2) is 4.79 Å². The number of benzene rings is 3. The molecule has 0 aliphatic carbocycles. The van der Waals surface area contributed by atoms with Gasteiger partial charge in [-0.3, -0.25) is 14.5 Å². The van der Waals surface area contributed by atoms with Crippen molar-refractivity contribution in [1.29, 1.82) is 0 Å². The summed E-state index contributed by atoms with van der Waals surface area (Å²) in [6, 6.07) is 29.8. The Morgan fingerprint density at radius 1 is 0.765 bits per heavy atom. The van der Waals surface area contributed by atoms with Crippen LogP contribution >= 0.6 is 12.2 Å². The largest absolute Gasteiger partial charge is 0.326 e. The number of aromatic nitrogens is 2. The lowest BCUT2D eigenvalue weighted by Gasteiger charge is -2.40. The molecule has 0 bridgehead atoms. The number of para-hydroxylation sites is 1. The van der Waals surface area contributed by atoms with Crippen molar-refractivity contribution < 1.29 is 0 Å². The minimum atomic E-state index is -0.123. The average Bonchev–Trinajstić information content (AvgIpc) is 2.88. The number of piperazine rings is 1. The van der Waals surface area contributed by atoms with Crippen LogP contribution in [0.3, 0.4) is 0 Å². The first-order valence-corrected chi connectivity index (χ1v) is 12.4. The van der Waals surface area contributed by atoms with Gasteiger partial charge < -0.3 is 4.90 Å². The van der Waals surface area contributed by atoms with Crippen molar-refractivity contribution in [3.8, 4) is 0 Å². The molecule has 0 amide bonds. The van der Waals surface area contributed by atoms with Gasteiger partial charge in [0.1, 0.15) is 4.64 Å². The SMILES string of the molecule is O=c1[nH]c(=S)c2ccccc2n1CCCN1CCN(C(c2ccccc2)c2ccccc2)CC1. The van der Waals surface area contributed by atoms with Gasteiger partial charge in [-0.2, -0.15) is 0 Å². The zero-order valence-corrected chi connectivity index (χ0v) is 20.1. The molecular formula is C28H30N4OS. The fraction of sp³-hybridized carbons (Fsp3) is 0.286. The highest BCUT2D eigenvalue weighted by Crippen LogP contribution is 2.29. The third-order valence-corrected chi connectivity index (χ3v) is 7.09. The van der Waals surface area contributed by atoms with Crippen LogP contribution in [0, 0.1) is 4.64 Å². The number of aryl methyl sites for hydroxylation is 1. The van der Waals surface area contributed by atoms with E-state index >= 15 is 0 Å². The molecule has 1 aliphatic rings. The summed E-state index contributed by atoms with van der Waals surface area (Å²) in [5, 5.41) is 0.929. The van der Waals surface area contributed by atoms with Crippen molar-refractivity contribution in [3.05, 3.63) is 111 Å². The minimum absolute atomic E-state index is 0.123. The Balaban J connectivity index is 1.23. The van der Waals surface area contributed by atoms with E-state index in [-0.39, 0.29) is 11.7 Å². The maximum Gasteiger partial charge on any atom is 0.326 e. The van der Waals surface area contributed by atoms with Crippen LogP contribution in [-0.4, -0.2) is 52.1 Å². The Labute approximate surface area is 205 Å². The molecule has 6 heteroatoms. The molecule has 0 spiro atoms. The molecule has 0 radical (unpaired) electrons. The summed E-state index contributed by atoms with van der Waals surface area (Å²) in [6.45, 7) is 5.77. The van der Waals surface area contributed by atoms with E-state index in [1.165, 1.54) is 11.1 Å². The number of hydrogen-bond donors (Lipinski definition) is 1. The summed E-state index contributed by atoms with van der Waals surface area (Å²) in [4.78, 5) is 20.5. The van der Waals surface area contributed by atoms with Gasteiger partial charge in [-0.15, -0.1) is 0 Å². The van der Waals surface area contributed by atoms with E-state index in [1.807, 2.05) is 28.8 Å². The Kier molecular flexibility index (Phi) is 7.00. The number of H-pyrrole nitrogens is 1. The van der Waals surface area contributed by atoms with Gasteiger partial charge in [-0.05, 0) is 36.2 Å². The first-order valence-electron chi connectivity index (χ1n) is 12.0. The number of rotatable bonds is 7. The zero-order valence-electron chi connectivity index (χ0n) is 19.3. The van der Waals surface area contributed by atoms with E-state index in [4.69, 9.17) is 12.2 Å². The van der Waals surface area contributed by atoms with E-state index in [0.29, 0.717) is 11.2 Å². The van der Waals surface area contributed by atoms with E-state index < -0.39 is 0 Å². The van der Waals surface area contributed by atoms with E-state index in [2.05, 4.69) is 75.4 Å². The van der Waals surface area contributed by atoms with Crippen LogP contribution < -0.4 is 5.69 Å². The van der Waals surface area contributed by atoms with E-state index in [9.17, 15) is 4.79 Å². The van der Waals surface area contributed by atoms with Gasteiger partial charge in [0.2, 0.25) is 0 Å². The third-order valence-electron chi connectivity index (χ3n) is 6.76. The second-order valence-corrected chi connectivity index (χ2v) is 9.29. The smallest absolute Gasteiger partial charge is 0.301 e.